The zero-order valence-electron chi connectivity index (χ0n) is 9.62. The summed E-state index contributed by atoms with van der Waals surface area (Å²) in [7, 11) is 0. The lowest BCUT2D eigenvalue weighted by Gasteiger charge is -2.04. The lowest BCUT2D eigenvalue weighted by atomic mass is 10.3. The number of nitrogens with two attached hydrogens (primary N) is 1. The molecule has 0 amide bonds. The SMILES string of the molecule is NCc1cnc(Oc2cc(Br)cc([N+](=O)[O-])c2)nc1. The lowest BCUT2D eigenvalue weighted by molar-refractivity contribution is -0.385. The molecule has 2 aromatic rings. The summed E-state index contributed by atoms with van der Waals surface area (Å²) in [5.41, 5.74) is 6.11. The highest BCUT2D eigenvalue weighted by Gasteiger charge is 2.11. The number of benzene rings is 1. The van der Waals surface area contributed by atoms with E-state index in [4.69, 9.17) is 10.5 Å². The maximum atomic E-state index is 10.7. The molecule has 98 valence electrons. The molecule has 1 aromatic carbocycles. The monoisotopic (exact) mass is 324 g/mol. The first kappa shape index (κ1) is 13.4. The van der Waals surface area contributed by atoms with Gasteiger partial charge in [0.05, 0.1) is 11.0 Å². The molecule has 0 aliphatic heterocycles. The number of hydrogen-bond donors (Lipinski definition) is 1. The van der Waals surface area contributed by atoms with Gasteiger partial charge in [-0.25, -0.2) is 9.97 Å². The standard InChI is InChI=1S/C11H9BrN4O3/c12-8-1-9(16(17)18)3-10(2-8)19-11-14-5-7(4-13)6-15-11/h1-3,5-6H,4,13H2. The van der Waals surface area contributed by atoms with E-state index in [1.807, 2.05) is 0 Å². The molecule has 1 aromatic heterocycles. The van der Waals surface area contributed by atoms with Crippen LogP contribution >= 0.6 is 15.9 Å². The maximum Gasteiger partial charge on any atom is 0.321 e. The summed E-state index contributed by atoms with van der Waals surface area (Å²) in [4.78, 5) is 18.1. The van der Waals surface area contributed by atoms with Crippen LogP contribution < -0.4 is 10.5 Å². The molecule has 7 nitrogen and oxygen atoms in total. The third kappa shape index (κ3) is 3.46. The van der Waals surface area contributed by atoms with Gasteiger partial charge >= 0.3 is 6.01 Å². The van der Waals surface area contributed by atoms with Crippen LogP contribution in [0.2, 0.25) is 0 Å². The van der Waals surface area contributed by atoms with Crippen LogP contribution in [0, 0.1) is 10.1 Å². The van der Waals surface area contributed by atoms with Crippen LogP contribution in [0.4, 0.5) is 5.69 Å². The van der Waals surface area contributed by atoms with E-state index in [0.29, 0.717) is 11.0 Å². The van der Waals surface area contributed by atoms with Crippen LogP contribution in [-0.2, 0) is 6.54 Å². The molecule has 0 atom stereocenters. The molecule has 0 saturated carbocycles. The average Bonchev–Trinajstić information content (AvgIpc) is 2.39. The van der Waals surface area contributed by atoms with E-state index in [9.17, 15) is 10.1 Å². The van der Waals surface area contributed by atoms with E-state index in [-0.39, 0.29) is 17.4 Å². The molecule has 0 saturated heterocycles. The molecule has 0 aliphatic carbocycles. The van der Waals surface area contributed by atoms with Gasteiger partial charge in [0.1, 0.15) is 5.75 Å². The lowest BCUT2D eigenvalue weighted by Crippen LogP contribution is -1.99. The summed E-state index contributed by atoms with van der Waals surface area (Å²) < 4.78 is 5.89. The molecular weight excluding hydrogens is 316 g/mol. The van der Waals surface area contributed by atoms with Crippen LogP contribution in [0.25, 0.3) is 0 Å². The van der Waals surface area contributed by atoms with Gasteiger partial charge in [-0.05, 0) is 6.07 Å². The Morgan fingerprint density at radius 3 is 2.58 bits per heavy atom. The van der Waals surface area contributed by atoms with Crippen LogP contribution in [0.3, 0.4) is 0 Å². The molecule has 2 N–H and O–H groups in total. The number of nitrogens with zero attached hydrogens (tertiary/aromatic N) is 3. The van der Waals surface area contributed by atoms with E-state index in [2.05, 4.69) is 25.9 Å². The number of nitro benzene ring substituents is 1. The summed E-state index contributed by atoms with van der Waals surface area (Å²) in [6.45, 7) is 0.336. The molecule has 0 fully saturated rings. The summed E-state index contributed by atoms with van der Waals surface area (Å²) >= 11 is 3.18. The fourth-order valence-electron chi connectivity index (χ4n) is 1.32. The predicted molar refractivity (Wildman–Crippen MR) is 70.8 cm³/mol. The van der Waals surface area contributed by atoms with Crippen molar-refractivity contribution in [1.29, 1.82) is 0 Å². The first-order valence-corrected chi connectivity index (χ1v) is 6.01. The molecule has 8 heteroatoms. The van der Waals surface area contributed by atoms with Crippen molar-refractivity contribution in [2.24, 2.45) is 5.73 Å². The normalized spacial score (nSPS) is 10.2. The smallest absolute Gasteiger partial charge is 0.321 e. The minimum absolute atomic E-state index is 0.0806. The molecule has 0 aliphatic rings. The van der Waals surface area contributed by atoms with Crippen molar-refractivity contribution < 1.29 is 9.66 Å². The van der Waals surface area contributed by atoms with E-state index in [1.54, 1.807) is 6.07 Å². The fourth-order valence-corrected chi connectivity index (χ4v) is 1.78. The highest BCUT2D eigenvalue weighted by atomic mass is 79.9. The number of nitro groups is 1. The molecule has 19 heavy (non-hydrogen) atoms. The Morgan fingerprint density at radius 1 is 1.32 bits per heavy atom. The number of aromatic nitrogens is 2. The molecule has 0 radical (unpaired) electrons. The Morgan fingerprint density at radius 2 is 2.00 bits per heavy atom. The van der Waals surface area contributed by atoms with Crippen molar-refractivity contribution in [3.8, 4) is 11.8 Å². The van der Waals surface area contributed by atoms with E-state index >= 15 is 0 Å². The first-order valence-electron chi connectivity index (χ1n) is 5.22. The van der Waals surface area contributed by atoms with Gasteiger partial charge in [-0.3, -0.25) is 10.1 Å². The number of hydrogen-bond acceptors (Lipinski definition) is 6. The van der Waals surface area contributed by atoms with Gasteiger partial charge in [0.25, 0.3) is 5.69 Å². The van der Waals surface area contributed by atoms with E-state index in [0.717, 1.165) is 5.56 Å². The van der Waals surface area contributed by atoms with Crippen molar-refractivity contribution in [2.45, 2.75) is 6.54 Å². The van der Waals surface area contributed by atoms with Gasteiger partial charge in [-0.1, -0.05) is 15.9 Å². The second-order valence-corrected chi connectivity index (χ2v) is 4.50. The predicted octanol–water partition coefficient (Wildman–Crippen LogP) is 2.40. The zero-order chi connectivity index (χ0) is 13.8. The van der Waals surface area contributed by atoms with Crippen molar-refractivity contribution in [1.82, 2.24) is 9.97 Å². The Hall–Kier alpha value is -2.06. The Kier molecular flexibility index (Phi) is 4.03. The topological polar surface area (TPSA) is 104 Å². The number of non-ortho nitro benzene ring substituents is 1. The minimum atomic E-state index is -0.504. The van der Waals surface area contributed by atoms with E-state index < -0.39 is 4.92 Å². The minimum Gasteiger partial charge on any atom is -0.424 e. The van der Waals surface area contributed by atoms with Gasteiger partial charge in [0.2, 0.25) is 0 Å². The van der Waals surface area contributed by atoms with Gasteiger partial charge in [0.15, 0.2) is 0 Å². The third-order valence-corrected chi connectivity index (χ3v) is 2.65. The highest BCUT2D eigenvalue weighted by molar-refractivity contribution is 9.10. The third-order valence-electron chi connectivity index (χ3n) is 2.19. The van der Waals surface area contributed by atoms with Crippen LogP contribution in [0.5, 0.6) is 11.8 Å². The number of rotatable bonds is 4. The highest BCUT2D eigenvalue weighted by Crippen LogP contribution is 2.28. The van der Waals surface area contributed by atoms with Crippen molar-refractivity contribution in [3.05, 3.63) is 50.7 Å². The van der Waals surface area contributed by atoms with E-state index in [1.165, 1.54) is 24.5 Å². The summed E-state index contributed by atoms with van der Waals surface area (Å²) in [6.07, 6.45) is 3.07. The summed E-state index contributed by atoms with van der Waals surface area (Å²) in [6, 6.07) is 4.37. The van der Waals surface area contributed by atoms with Crippen molar-refractivity contribution in [3.63, 3.8) is 0 Å². The zero-order valence-corrected chi connectivity index (χ0v) is 11.2. The van der Waals surface area contributed by atoms with Crippen molar-refractivity contribution in [2.75, 3.05) is 0 Å². The quantitative estimate of drug-likeness (QED) is 0.684. The second kappa shape index (κ2) is 5.72. The number of halogens is 1. The van der Waals surface area contributed by atoms with Gasteiger partial charge in [0, 0.05) is 35.0 Å². The average molecular weight is 325 g/mol. The Bertz CT molecular complexity index is 603. The van der Waals surface area contributed by atoms with Gasteiger partial charge in [-0.2, -0.15) is 0 Å². The van der Waals surface area contributed by atoms with Crippen LogP contribution in [-0.4, -0.2) is 14.9 Å². The fraction of sp³-hybridized carbons (Fsp3) is 0.0909. The number of ether oxygens (including phenoxy) is 1. The van der Waals surface area contributed by atoms with Gasteiger partial charge in [-0.15, -0.1) is 0 Å². The molecule has 0 bridgehead atoms. The summed E-state index contributed by atoms with van der Waals surface area (Å²) in [5, 5.41) is 10.7. The molecule has 2 rings (SSSR count). The van der Waals surface area contributed by atoms with Crippen LogP contribution in [0.15, 0.2) is 35.1 Å². The molecule has 0 spiro atoms. The molecular formula is C11H9BrN4O3. The molecule has 1 heterocycles. The largest absolute Gasteiger partial charge is 0.424 e. The molecule has 0 unspecified atom stereocenters. The second-order valence-electron chi connectivity index (χ2n) is 3.58. The summed E-state index contributed by atoms with van der Waals surface area (Å²) in [5.74, 6) is 0.279. The van der Waals surface area contributed by atoms with Gasteiger partial charge < -0.3 is 10.5 Å². The Labute approximate surface area is 116 Å². The Balaban J connectivity index is 2.24. The van der Waals surface area contributed by atoms with Crippen molar-refractivity contribution >= 4 is 21.6 Å². The first-order chi connectivity index (χ1) is 9.08. The maximum absolute atomic E-state index is 10.7. The van der Waals surface area contributed by atoms with Crippen LogP contribution in [0.1, 0.15) is 5.56 Å².